The number of hydrogen-bond acceptors (Lipinski definition) is 6. The number of nitrogens with one attached hydrogen (secondary N) is 1. The molecular weight excluding hydrogens is 270 g/mol. The SMILES string of the molecule is COC(=O)c1sc2c(c1NC(C)=O)C(=O)C=CC2=O. The molecule has 0 aliphatic heterocycles. The van der Waals surface area contributed by atoms with E-state index in [4.69, 9.17) is 0 Å². The van der Waals surface area contributed by atoms with Crippen LogP contribution in [-0.4, -0.2) is 30.6 Å². The second-order valence-corrected chi connectivity index (χ2v) is 4.77. The Bertz CT molecular complexity index is 641. The zero-order valence-electron chi connectivity index (χ0n) is 10.1. The lowest BCUT2D eigenvalue weighted by Gasteiger charge is -2.07. The number of carbonyl (C=O) groups is 4. The Labute approximate surface area is 112 Å². The predicted molar refractivity (Wildman–Crippen MR) is 67.8 cm³/mol. The number of allylic oxidation sites excluding steroid dienone is 2. The summed E-state index contributed by atoms with van der Waals surface area (Å²) in [5, 5.41) is 2.41. The molecule has 2 rings (SSSR count). The minimum Gasteiger partial charge on any atom is -0.465 e. The summed E-state index contributed by atoms with van der Waals surface area (Å²) >= 11 is 0.838. The molecule has 0 aromatic carbocycles. The number of esters is 1. The molecule has 1 heterocycles. The van der Waals surface area contributed by atoms with Crippen LogP contribution >= 0.6 is 11.3 Å². The Kier molecular flexibility index (Phi) is 3.30. The second kappa shape index (κ2) is 4.77. The maximum atomic E-state index is 11.8. The highest BCUT2D eigenvalue weighted by molar-refractivity contribution is 7.17. The summed E-state index contributed by atoms with van der Waals surface area (Å²) in [6.07, 6.45) is 2.25. The van der Waals surface area contributed by atoms with E-state index in [1.807, 2.05) is 0 Å². The van der Waals surface area contributed by atoms with Gasteiger partial charge in [-0.05, 0) is 12.2 Å². The molecular formula is C12H9NO5S. The average Bonchev–Trinajstić information content (AvgIpc) is 2.73. The van der Waals surface area contributed by atoms with Crippen molar-refractivity contribution in [2.75, 3.05) is 12.4 Å². The minimum atomic E-state index is -0.705. The monoisotopic (exact) mass is 279 g/mol. The number of rotatable bonds is 2. The van der Waals surface area contributed by atoms with Gasteiger partial charge in [-0.2, -0.15) is 0 Å². The standard InChI is InChI=1S/C12H9NO5S/c1-5(14)13-9-8-6(15)3-4-7(16)10(8)19-11(9)12(17)18-2/h3-4H,1-2H3,(H,13,14). The van der Waals surface area contributed by atoms with E-state index in [1.165, 1.54) is 14.0 Å². The van der Waals surface area contributed by atoms with Gasteiger partial charge in [0, 0.05) is 6.92 Å². The van der Waals surface area contributed by atoms with Crippen LogP contribution in [0, 0.1) is 0 Å². The molecule has 1 aromatic rings. The van der Waals surface area contributed by atoms with Gasteiger partial charge in [0.15, 0.2) is 11.6 Å². The number of methoxy groups -OCH3 is 1. The highest BCUT2D eigenvalue weighted by Crippen LogP contribution is 2.36. The van der Waals surface area contributed by atoms with Crippen LogP contribution in [-0.2, 0) is 9.53 Å². The smallest absolute Gasteiger partial charge is 0.350 e. The summed E-state index contributed by atoms with van der Waals surface area (Å²) < 4.78 is 4.58. The van der Waals surface area contributed by atoms with Crippen molar-refractivity contribution in [2.45, 2.75) is 6.92 Å². The number of ketones is 2. The fourth-order valence-electron chi connectivity index (χ4n) is 1.68. The van der Waals surface area contributed by atoms with E-state index in [9.17, 15) is 19.2 Å². The highest BCUT2D eigenvalue weighted by Gasteiger charge is 2.31. The molecule has 0 spiro atoms. The quantitative estimate of drug-likeness (QED) is 0.827. The summed E-state index contributed by atoms with van der Waals surface area (Å²) in [5.41, 5.74) is 0.0927. The molecule has 1 amide bonds. The lowest BCUT2D eigenvalue weighted by molar-refractivity contribution is -0.114. The van der Waals surface area contributed by atoms with E-state index in [0.29, 0.717) is 0 Å². The summed E-state index contributed by atoms with van der Waals surface area (Å²) in [7, 11) is 1.18. The molecule has 1 N–H and O–H groups in total. The molecule has 0 radical (unpaired) electrons. The van der Waals surface area contributed by atoms with Gasteiger partial charge in [-0.25, -0.2) is 4.79 Å². The summed E-state index contributed by atoms with van der Waals surface area (Å²) in [5.74, 6) is -1.95. The number of anilines is 1. The van der Waals surface area contributed by atoms with Crippen LogP contribution in [0.2, 0.25) is 0 Å². The highest BCUT2D eigenvalue weighted by atomic mass is 32.1. The Morgan fingerprint density at radius 3 is 2.42 bits per heavy atom. The Hall–Kier alpha value is -2.28. The molecule has 0 saturated carbocycles. The molecule has 0 bridgehead atoms. The van der Waals surface area contributed by atoms with Crippen molar-refractivity contribution < 1.29 is 23.9 Å². The second-order valence-electron chi connectivity index (χ2n) is 3.74. The molecule has 1 aliphatic rings. The van der Waals surface area contributed by atoms with Crippen LogP contribution in [0.3, 0.4) is 0 Å². The molecule has 6 nitrogen and oxygen atoms in total. The molecule has 7 heteroatoms. The van der Waals surface area contributed by atoms with Crippen molar-refractivity contribution in [1.82, 2.24) is 0 Å². The van der Waals surface area contributed by atoms with Gasteiger partial charge in [-0.15, -0.1) is 11.3 Å². The van der Waals surface area contributed by atoms with E-state index in [-0.39, 0.29) is 26.8 Å². The number of hydrogen-bond donors (Lipinski definition) is 1. The van der Waals surface area contributed by atoms with Gasteiger partial charge in [-0.1, -0.05) is 0 Å². The van der Waals surface area contributed by atoms with Crippen LogP contribution in [0.1, 0.15) is 36.6 Å². The van der Waals surface area contributed by atoms with Crippen LogP contribution in [0.4, 0.5) is 5.69 Å². The van der Waals surface area contributed by atoms with Gasteiger partial charge >= 0.3 is 5.97 Å². The van der Waals surface area contributed by atoms with Gasteiger partial charge in [-0.3, -0.25) is 14.4 Å². The third-order valence-electron chi connectivity index (χ3n) is 2.44. The van der Waals surface area contributed by atoms with Crippen molar-refractivity contribution in [1.29, 1.82) is 0 Å². The fourth-order valence-corrected chi connectivity index (χ4v) is 2.78. The Morgan fingerprint density at radius 1 is 1.21 bits per heavy atom. The lowest BCUT2D eigenvalue weighted by atomic mass is 10.0. The van der Waals surface area contributed by atoms with Crippen molar-refractivity contribution in [3.63, 3.8) is 0 Å². The van der Waals surface area contributed by atoms with Crippen molar-refractivity contribution in [3.05, 3.63) is 27.5 Å². The first kappa shape index (κ1) is 13.2. The van der Waals surface area contributed by atoms with Gasteiger partial charge in [0.1, 0.15) is 4.88 Å². The number of amides is 1. The topological polar surface area (TPSA) is 89.5 Å². The Balaban J connectivity index is 2.67. The molecule has 98 valence electrons. The lowest BCUT2D eigenvalue weighted by Crippen LogP contribution is -2.15. The van der Waals surface area contributed by atoms with Gasteiger partial charge in [0.2, 0.25) is 5.91 Å². The number of ether oxygens (including phenoxy) is 1. The van der Waals surface area contributed by atoms with Crippen LogP contribution in [0.5, 0.6) is 0 Å². The first-order chi connectivity index (χ1) is 8.95. The molecule has 0 atom stereocenters. The normalized spacial score (nSPS) is 13.2. The van der Waals surface area contributed by atoms with E-state index in [0.717, 1.165) is 23.5 Å². The average molecular weight is 279 g/mol. The molecule has 1 aromatic heterocycles. The minimum absolute atomic E-state index is 0.0353. The number of carbonyl (C=O) groups excluding carboxylic acids is 4. The van der Waals surface area contributed by atoms with E-state index >= 15 is 0 Å². The maximum absolute atomic E-state index is 11.8. The van der Waals surface area contributed by atoms with Gasteiger partial charge in [0.25, 0.3) is 0 Å². The molecule has 0 fully saturated rings. The molecule has 0 unspecified atom stereocenters. The summed E-state index contributed by atoms with van der Waals surface area (Å²) in [6.45, 7) is 1.25. The Morgan fingerprint density at radius 2 is 1.84 bits per heavy atom. The number of fused-ring (bicyclic) bond motifs is 1. The largest absolute Gasteiger partial charge is 0.465 e. The zero-order valence-corrected chi connectivity index (χ0v) is 10.9. The third-order valence-corrected chi connectivity index (χ3v) is 3.62. The van der Waals surface area contributed by atoms with Crippen molar-refractivity contribution in [3.8, 4) is 0 Å². The summed E-state index contributed by atoms with van der Waals surface area (Å²) in [6, 6.07) is 0. The van der Waals surface area contributed by atoms with Crippen molar-refractivity contribution in [2.24, 2.45) is 0 Å². The molecule has 19 heavy (non-hydrogen) atoms. The zero-order chi connectivity index (χ0) is 14.2. The van der Waals surface area contributed by atoms with Crippen LogP contribution < -0.4 is 5.32 Å². The van der Waals surface area contributed by atoms with E-state index in [1.54, 1.807) is 0 Å². The first-order valence-corrected chi connectivity index (χ1v) is 6.06. The first-order valence-electron chi connectivity index (χ1n) is 5.25. The van der Waals surface area contributed by atoms with Gasteiger partial charge in [0.05, 0.1) is 23.2 Å². The predicted octanol–water partition coefficient (Wildman–Crippen LogP) is 1.43. The fraction of sp³-hybridized carbons (Fsp3) is 0.167. The van der Waals surface area contributed by atoms with E-state index < -0.39 is 17.7 Å². The van der Waals surface area contributed by atoms with Gasteiger partial charge < -0.3 is 10.1 Å². The summed E-state index contributed by atoms with van der Waals surface area (Å²) in [4.78, 5) is 46.5. The molecule has 0 saturated heterocycles. The van der Waals surface area contributed by atoms with E-state index in [2.05, 4.69) is 10.1 Å². The third kappa shape index (κ3) is 2.19. The van der Waals surface area contributed by atoms with Crippen LogP contribution in [0.25, 0.3) is 0 Å². The maximum Gasteiger partial charge on any atom is 0.350 e. The van der Waals surface area contributed by atoms with Crippen LogP contribution in [0.15, 0.2) is 12.2 Å². The van der Waals surface area contributed by atoms with Crippen molar-refractivity contribution >= 4 is 40.5 Å². The number of thiophene rings is 1. The molecule has 1 aliphatic carbocycles.